The van der Waals surface area contributed by atoms with Crippen molar-refractivity contribution in [3.05, 3.63) is 0 Å². The van der Waals surface area contributed by atoms with Crippen LogP contribution >= 0.6 is 0 Å². The van der Waals surface area contributed by atoms with Crippen LogP contribution in [-0.4, -0.2) is 51.7 Å². The van der Waals surface area contributed by atoms with Crippen molar-refractivity contribution in [2.75, 3.05) is 40.9 Å². The molecule has 4 nitrogen and oxygen atoms in total. The van der Waals surface area contributed by atoms with Gasteiger partial charge in [0.15, 0.2) is 0 Å². The molecular formula is C11H22N2O2. The summed E-state index contributed by atoms with van der Waals surface area (Å²) in [6.45, 7) is 2.21. The van der Waals surface area contributed by atoms with Crippen LogP contribution in [0.3, 0.4) is 0 Å². The summed E-state index contributed by atoms with van der Waals surface area (Å²) in [5.74, 6) is 0.137. The Morgan fingerprint density at radius 2 is 2.13 bits per heavy atom. The molecule has 0 aromatic rings. The van der Waals surface area contributed by atoms with Gasteiger partial charge >= 0.3 is 0 Å². The number of nitrogens with zero attached hydrogens (tertiary/aromatic N) is 1. The molecule has 1 rings (SSSR count). The Morgan fingerprint density at radius 3 is 2.60 bits per heavy atom. The van der Waals surface area contributed by atoms with Crippen molar-refractivity contribution in [1.29, 1.82) is 0 Å². The van der Waals surface area contributed by atoms with E-state index in [4.69, 9.17) is 4.74 Å². The van der Waals surface area contributed by atoms with Crippen LogP contribution in [0.15, 0.2) is 0 Å². The number of carbonyl (C=O) groups is 1. The Kier molecular flexibility index (Phi) is 4.54. The van der Waals surface area contributed by atoms with Crippen molar-refractivity contribution >= 4 is 5.91 Å². The number of ether oxygens (including phenoxy) is 1. The summed E-state index contributed by atoms with van der Waals surface area (Å²) in [5.41, 5.74) is 0.419. The van der Waals surface area contributed by atoms with Gasteiger partial charge in [0, 0.05) is 34.4 Å². The topological polar surface area (TPSA) is 41.6 Å². The minimum absolute atomic E-state index is 0.137. The van der Waals surface area contributed by atoms with Gasteiger partial charge in [0.05, 0.1) is 6.54 Å². The monoisotopic (exact) mass is 214 g/mol. The number of nitrogens with one attached hydrogen (secondary N) is 1. The highest BCUT2D eigenvalue weighted by Gasteiger charge is 2.41. The van der Waals surface area contributed by atoms with E-state index in [0.29, 0.717) is 12.0 Å². The number of likely N-dealkylation sites (N-methyl/N-ethyl adjacent to an activating group) is 1. The fourth-order valence-electron chi connectivity index (χ4n) is 1.60. The van der Waals surface area contributed by atoms with E-state index in [1.54, 1.807) is 26.1 Å². The molecule has 1 aliphatic rings. The van der Waals surface area contributed by atoms with Crippen molar-refractivity contribution in [3.63, 3.8) is 0 Å². The van der Waals surface area contributed by atoms with Gasteiger partial charge in [0.2, 0.25) is 5.91 Å². The molecule has 0 heterocycles. The Morgan fingerprint density at radius 1 is 1.47 bits per heavy atom. The average molecular weight is 214 g/mol. The molecule has 1 saturated carbocycles. The lowest BCUT2D eigenvalue weighted by molar-refractivity contribution is -0.127. The third-order valence-electron chi connectivity index (χ3n) is 3.07. The van der Waals surface area contributed by atoms with Crippen LogP contribution in [0.2, 0.25) is 0 Å². The summed E-state index contributed by atoms with van der Waals surface area (Å²) in [5, 5.41) is 3.23. The molecule has 1 amide bonds. The first-order chi connectivity index (χ1) is 7.09. The van der Waals surface area contributed by atoms with Gasteiger partial charge in [0.1, 0.15) is 0 Å². The third kappa shape index (κ3) is 4.18. The van der Waals surface area contributed by atoms with Gasteiger partial charge in [-0.25, -0.2) is 0 Å². The van der Waals surface area contributed by atoms with Crippen molar-refractivity contribution in [3.8, 4) is 0 Å². The minimum Gasteiger partial charge on any atom is -0.385 e. The molecule has 0 spiro atoms. The van der Waals surface area contributed by atoms with E-state index in [2.05, 4.69) is 5.32 Å². The zero-order valence-electron chi connectivity index (χ0n) is 10.0. The Bertz CT molecular complexity index is 213. The fraction of sp³-hybridized carbons (Fsp3) is 0.909. The molecule has 0 saturated heterocycles. The molecule has 0 aromatic carbocycles. The van der Waals surface area contributed by atoms with Crippen molar-refractivity contribution < 1.29 is 9.53 Å². The second-order valence-corrected chi connectivity index (χ2v) is 4.63. The molecule has 0 bridgehead atoms. The van der Waals surface area contributed by atoms with Gasteiger partial charge in [-0.15, -0.1) is 0 Å². The molecule has 0 aromatic heterocycles. The maximum absolute atomic E-state index is 11.3. The second-order valence-electron chi connectivity index (χ2n) is 4.63. The SMILES string of the molecule is COCCC1(CNCC(=O)N(C)C)CC1. The maximum atomic E-state index is 11.3. The first-order valence-electron chi connectivity index (χ1n) is 5.49. The van der Waals surface area contributed by atoms with Gasteiger partial charge in [-0.05, 0) is 24.7 Å². The van der Waals surface area contributed by atoms with Crippen LogP contribution in [0.25, 0.3) is 0 Å². The zero-order chi connectivity index (χ0) is 11.3. The van der Waals surface area contributed by atoms with Gasteiger partial charge in [-0.1, -0.05) is 0 Å². The van der Waals surface area contributed by atoms with E-state index < -0.39 is 0 Å². The van der Waals surface area contributed by atoms with Gasteiger partial charge < -0.3 is 15.0 Å². The summed E-state index contributed by atoms with van der Waals surface area (Å²) in [7, 11) is 5.29. The first-order valence-corrected chi connectivity index (χ1v) is 5.49. The van der Waals surface area contributed by atoms with Crippen molar-refractivity contribution in [2.24, 2.45) is 5.41 Å². The van der Waals surface area contributed by atoms with Gasteiger partial charge in [0.25, 0.3) is 0 Å². The zero-order valence-corrected chi connectivity index (χ0v) is 10.0. The van der Waals surface area contributed by atoms with E-state index in [1.165, 1.54) is 12.8 Å². The maximum Gasteiger partial charge on any atom is 0.236 e. The summed E-state index contributed by atoms with van der Waals surface area (Å²) in [6.07, 6.45) is 3.63. The standard InChI is InChI=1S/C11H22N2O2/c1-13(2)10(14)8-12-9-11(4-5-11)6-7-15-3/h12H,4-9H2,1-3H3. The molecule has 15 heavy (non-hydrogen) atoms. The average Bonchev–Trinajstić information content (AvgIpc) is 2.95. The Balaban J connectivity index is 2.12. The highest BCUT2D eigenvalue weighted by atomic mass is 16.5. The quantitative estimate of drug-likeness (QED) is 0.670. The lowest BCUT2D eigenvalue weighted by Gasteiger charge is -2.16. The van der Waals surface area contributed by atoms with E-state index in [9.17, 15) is 4.79 Å². The summed E-state index contributed by atoms with van der Waals surface area (Å²) in [6, 6.07) is 0. The molecule has 0 aliphatic heterocycles. The molecule has 1 aliphatic carbocycles. The Hall–Kier alpha value is -0.610. The minimum atomic E-state index is 0.137. The third-order valence-corrected chi connectivity index (χ3v) is 3.07. The largest absolute Gasteiger partial charge is 0.385 e. The predicted molar refractivity (Wildman–Crippen MR) is 59.7 cm³/mol. The number of rotatable bonds is 7. The van der Waals surface area contributed by atoms with Crippen LogP contribution in [0.4, 0.5) is 0 Å². The number of hydrogen-bond acceptors (Lipinski definition) is 3. The van der Waals surface area contributed by atoms with Crippen LogP contribution in [-0.2, 0) is 9.53 Å². The summed E-state index contributed by atoms with van der Waals surface area (Å²) in [4.78, 5) is 12.9. The van der Waals surface area contributed by atoms with E-state index in [1.807, 2.05) is 0 Å². The number of methoxy groups -OCH3 is 1. The summed E-state index contributed by atoms with van der Waals surface area (Å²) >= 11 is 0. The molecule has 1 N–H and O–H groups in total. The second kappa shape index (κ2) is 5.47. The van der Waals surface area contributed by atoms with Crippen LogP contribution in [0.5, 0.6) is 0 Å². The van der Waals surface area contributed by atoms with Crippen LogP contribution in [0, 0.1) is 5.41 Å². The molecule has 88 valence electrons. The van der Waals surface area contributed by atoms with Gasteiger partial charge in [-0.3, -0.25) is 4.79 Å². The summed E-state index contributed by atoms with van der Waals surface area (Å²) < 4.78 is 5.08. The number of hydrogen-bond donors (Lipinski definition) is 1. The highest BCUT2D eigenvalue weighted by Crippen LogP contribution is 2.48. The van der Waals surface area contributed by atoms with Crippen LogP contribution in [0.1, 0.15) is 19.3 Å². The lowest BCUT2D eigenvalue weighted by Crippen LogP contribution is -2.36. The van der Waals surface area contributed by atoms with Crippen molar-refractivity contribution in [2.45, 2.75) is 19.3 Å². The normalized spacial score (nSPS) is 17.5. The van der Waals surface area contributed by atoms with E-state index in [-0.39, 0.29) is 5.91 Å². The smallest absolute Gasteiger partial charge is 0.236 e. The van der Waals surface area contributed by atoms with Crippen molar-refractivity contribution in [1.82, 2.24) is 10.2 Å². The fourth-order valence-corrected chi connectivity index (χ4v) is 1.60. The molecular weight excluding hydrogens is 192 g/mol. The number of carbonyl (C=O) groups excluding carboxylic acids is 1. The Labute approximate surface area is 92.0 Å². The number of amides is 1. The first kappa shape index (κ1) is 12.5. The molecule has 0 unspecified atom stereocenters. The molecule has 4 heteroatoms. The predicted octanol–water partition coefficient (Wildman–Crippen LogP) is 0.481. The van der Waals surface area contributed by atoms with E-state index >= 15 is 0 Å². The lowest BCUT2D eigenvalue weighted by atomic mass is 10.0. The van der Waals surface area contributed by atoms with Crippen LogP contribution < -0.4 is 5.32 Å². The molecule has 1 fully saturated rings. The van der Waals surface area contributed by atoms with E-state index in [0.717, 1.165) is 19.6 Å². The molecule has 0 radical (unpaired) electrons. The van der Waals surface area contributed by atoms with Gasteiger partial charge in [-0.2, -0.15) is 0 Å². The molecule has 0 atom stereocenters. The highest BCUT2D eigenvalue weighted by molar-refractivity contribution is 5.77.